The van der Waals surface area contributed by atoms with E-state index in [2.05, 4.69) is 40.4 Å². The number of phenols is 1. The fourth-order valence-corrected chi connectivity index (χ4v) is 7.97. The van der Waals surface area contributed by atoms with Crippen LogP contribution in [0.4, 0.5) is 10.6 Å². The first-order valence-corrected chi connectivity index (χ1v) is 18.7. The summed E-state index contributed by atoms with van der Waals surface area (Å²) in [5.74, 6) is 0.560. The van der Waals surface area contributed by atoms with E-state index in [0.29, 0.717) is 18.6 Å². The summed E-state index contributed by atoms with van der Waals surface area (Å²) in [5.41, 5.74) is 2.48. The van der Waals surface area contributed by atoms with Crippen LogP contribution in [-0.2, 0) is 29.1 Å². The zero-order valence-corrected chi connectivity index (χ0v) is 30.8. The van der Waals surface area contributed by atoms with Gasteiger partial charge in [0.15, 0.2) is 0 Å². The average molecular weight is 722 g/mol. The van der Waals surface area contributed by atoms with Crippen LogP contribution >= 0.6 is 0 Å². The maximum Gasteiger partial charge on any atom is 0.334 e. The van der Waals surface area contributed by atoms with E-state index < -0.39 is 12.2 Å². The van der Waals surface area contributed by atoms with E-state index in [4.69, 9.17) is 4.98 Å². The van der Waals surface area contributed by atoms with Crippen LogP contribution in [0.1, 0.15) is 30.7 Å². The van der Waals surface area contributed by atoms with Crippen molar-refractivity contribution in [2.75, 3.05) is 63.8 Å². The molecule has 7 rings (SSSR count). The minimum Gasteiger partial charge on any atom is -0.508 e. The molecule has 0 radical (unpaired) electrons. The van der Waals surface area contributed by atoms with E-state index in [1.165, 1.54) is 0 Å². The fraction of sp³-hybridized carbons (Fsp3) is 0.450. The van der Waals surface area contributed by atoms with Gasteiger partial charge in [0.05, 0.1) is 25.3 Å². The highest BCUT2D eigenvalue weighted by atomic mass is 16.3. The van der Waals surface area contributed by atoms with Crippen LogP contribution in [0, 0.1) is 0 Å². The van der Waals surface area contributed by atoms with E-state index in [9.17, 15) is 19.5 Å². The second kappa shape index (κ2) is 15.9. The summed E-state index contributed by atoms with van der Waals surface area (Å²) in [6.45, 7) is 15.4. The molecule has 0 saturated carbocycles. The molecule has 2 atom stereocenters. The number of anilines is 1. The van der Waals surface area contributed by atoms with Crippen molar-refractivity contribution in [1.82, 2.24) is 39.9 Å². The number of amides is 4. The number of aromatic nitrogens is 1. The number of fused-ring (bicyclic) bond motifs is 1. The smallest absolute Gasteiger partial charge is 0.334 e. The molecule has 2 aromatic carbocycles. The molecule has 4 fully saturated rings. The number of hydrogen-bond donors (Lipinski definition) is 2. The molecule has 13 heteroatoms. The van der Waals surface area contributed by atoms with Crippen molar-refractivity contribution >= 4 is 23.7 Å². The Morgan fingerprint density at radius 2 is 1.68 bits per heavy atom. The Labute approximate surface area is 312 Å². The number of carbonyl (C=O) groups excluding carboxylic acids is 3. The lowest BCUT2D eigenvalue weighted by molar-refractivity contribution is -0.189. The van der Waals surface area contributed by atoms with Crippen LogP contribution < -0.4 is 10.2 Å². The molecule has 5 heterocycles. The normalized spacial score (nSPS) is 21.9. The van der Waals surface area contributed by atoms with Gasteiger partial charge in [-0.1, -0.05) is 54.6 Å². The van der Waals surface area contributed by atoms with Crippen LogP contribution in [0.15, 0.2) is 85.5 Å². The molecule has 13 nitrogen and oxygen atoms in total. The first-order chi connectivity index (χ1) is 25.7. The van der Waals surface area contributed by atoms with Crippen molar-refractivity contribution in [2.45, 2.75) is 57.6 Å². The van der Waals surface area contributed by atoms with E-state index >= 15 is 0 Å². The highest BCUT2D eigenvalue weighted by Gasteiger charge is 2.51. The Balaban J connectivity index is 1.11. The van der Waals surface area contributed by atoms with Gasteiger partial charge in [-0.05, 0) is 49.2 Å². The lowest BCUT2D eigenvalue weighted by atomic mass is 9.98. The number of urea groups is 1. The molecule has 4 amide bonds. The number of piperazine rings is 2. The van der Waals surface area contributed by atoms with Gasteiger partial charge in [0, 0.05) is 70.9 Å². The number of rotatable bonds is 11. The van der Waals surface area contributed by atoms with E-state index in [0.717, 1.165) is 61.9 Å². The van der Waals surface area contributed by atoms with Gasteiger partial charge in [-0.3, -0.25) is 19.4 Å². The highest BCUT2D eigenvalue weighted by Crippen LogP contribution is 2.30. The molecule has 4 saturated heterocycles. The van der Waals surface area contributed by atoms with Crippen LogP contribution in [-0.4, -0.2) is 141 Å². The summed E-state index contributed by atoms with van der Waals surface area (Å²) in [7, 11) is 0. The van der Waals surface area contributed by atoms with Crippen LogP contribution in [0.3, 0.4) is 0 Å². The van der Waals surface area contributed by atoms with Crippen molar-refractivity contribution in [3.63, 3.8) is 0 Å². The molecule has 3 aromatic rings. The third-order valence-corrected chi connectivity index (χ3v) is 11.0. The Hall–Kier alpha value is -4.98. The summed E-state index contributed by atoms with van der Waals surface area (Å²) >= 11 is 0. The number of pyridine rings is 1. The Morgan fingerprint density at radius 3 is 2.38 bits per heavy atom. The molecule has 280 valence electrons. The number of benzene rings is 2. The zero-order chi connectivity index (χ0) is 37.1. The van der Waals surface area contributed by atoms with Crippen molar-refractivity contribution < 1.29 is 19.5 Å². The maximum absolute atomic E-state index is 14.5. The molecule has 0 bridgehead atoms. The molecule has 0 aliphatic carbocycles. The standard InChI is InChI=1S/C40H51N9O4/c1-4-17-47-28-38(51)48-35(22-30-13-15-34(50)16-14-30)39(52)46(27-37(48)49(47)40(53)41-23-31-9-6-5-7-10-31)24-32-11-8-12-36(42-32)45-25-33(26-45)44-20-18-43(19-21-44)29(2)3/h4-16,29,33,35,37,50H,1,17-28H2,2-3H3,(H,41,53). The SMILES string of the molecule is C=CCN1CC(=O)N2C(Cc3ccc(O)cc3)C(=O)N(Cc3cccc(N4CC(N5CCN(C(C)C)CC5)C4)n3)CC2N1C(=O)NCc1ccccc1. The molecule has 1 aromatic heterocycles. The maximum atomic E-state index is 14.5. The van der Waals surface area contributed by atoms with Crippen LogP contribution in [0.5, 0.6) is 5.75 Å². The predicted molar refractivity (Wildman–Crippen MR) is 202 cm³/mol. The summed E-state index contributed by atoms with van der Waals surface area (Å²) in [5, 5.41) is 16.3. The number of aromatic hydroxyl groups is 1. The zero-order valence-electron chi connectivity index (χ0n) is 30.8. The summed E-state index contributed by atoms with van der Waals surface area (Å²) in [4.78, 5) is 58.2. The molecular weight excluding hydrogens is 670 g/mol. The van der Waals surface area contributed by atoms with Crippen LogP contribution in [0.2, 0.25) is 0 Å². The van der Waals surface area contributed by atoms with E-state index in [1.54, 1.807) is 50.2 Å². The predicted octanol–water partition coefficient (Wildman–Crippen LogP) is 2.74. The third-order valence-electron chi connectivity index (χ3n) is 11.0. The van der Waals surface area contributed by atoms with Crippen molar-refractivity contribution in [2.24, 2.45) is 0 Å². The van der Waals surface area contributed by atoms with Gasteiger partial charge in [0.2, 0.25) is 11.8 Å². The van der Waals surface area contributed by atoms with Gasteiger partial charge in [-0.2, -0.15) is 0 Å². The van der Waals surface area contributed by atoms with Gasteiger partial charge in [-0.25, -0.2) is 19.8 Å². The topological polar surface area (TPSA) is 119 Å². The molecule has 53 heavy (non-hydrogen) atoms. The average Bonchev–Trinajstić information content (AvgIpc) is 3.13. The molecular formula is C40H51N9O4. The van der Waals surface area contributed by atoms with Gasteiger partial charge >= 0.3 is 6.03 Å². The fourth-order valence-electron chi connectivity index (χ4n) is 7.97. The number of nitrogens with zero attached hydrogens (tertiary/aromatic N) is 8. The number of carbonyl (C=O) groups is 3. The van der Waals surface area contributed by atoms with Crippen molar-refractivity contribution in [1.29, 1.82) is 0 Å². The van der Waals surface area contributed by atoms with Gasteiger partial charge < -0.3 is 25.1 Å². The monoisotopic (exact) mass is 721 g/mol. The highest BCUT2D eigenvalue weighted by molar-refractivity contribution is 5.91. The van der Waals surface area contributed by atoms with Gasteiger partial charge in [-0.15, -0.1) is 6.58 Å². The molecule has 2 N–H and O–H groups in total. The van der Waals surface area contributed by atoms with Gasteiger partial charge in [0.25, 0.3) is 0 Å². The second-order valence-electron chi connectivity index (χ2n) is 14.7. The van der Waals surface area contributed by atoms with E-state index in [1.807, 2.05) is 48.5 Å². The largest absolute Gasteiger partial charge is 0.508 e. The summed E-state index contributed by atoms with van der Waals surface area (Å²) in [6.07, 6.45) is 1.14. The minimum atomic E-state index is -0.864. The summed E-state index contributed by atoms with van der Waals surface area (Å²) < 4.78 is 0. The Morgan fingerprint density at radius 1 is 0.943 bits per heavy atom. The molecule has 4 aliphatic rings. The quantitative estimate of drug-likeness (QED) is 0.289. The lowest BCUT2D eigenvalue weighted by Crippen LogP contribution is -2.76. The Kier molecular flexibility index (Phi) is 10.9. The third kappa shape index (κ3) is 8.02. The van der Waals surface area contributed by atoms with Gasteiger partial charge in [0.1, 0.15) is 23.8 Å². The number of nitrogens with one attached hydrogen (secondary N) is 1. The number of hydrogen-bond acceptors (Lipinski definition) is 9. The van der Waals surface area contributed by atoms with Crippen molar-refractivity contribution in [3.05, 3.63) is 102 Å². The van der Waals surface area contributed by atoms with Crippen LogP contribution in [0.25, 0.3) is 0 Å². The second-order valence-corrected chi connectivity index (χ2v) is 14.7. The number of phenolic OH excluding ortho intramolecular Hbond substituents is 1. The molecule has 0 spiro atoms. The first-order valence-electron chi connectivity index (χ1n) is 18.7. The molecule has 4 aliphatic heterocycles. The molecule has 2 unspecified atom stereocenters. The first kappa shape index (κ1) is 36.4. The minimum absolute atomic E-state index is 0.0749. The van der Waals surface area contributed by atoms with Crippen molar-refractivity contribution in [3.8, 4) is 5.75 Å². The van der Waals surface area contributed by atoms with E-state index in [-0.39, 0.29) is 56.2 Å². The number of hydrazine groups is 1. The Bertz CT molecular complexity index is 1760. The summed E-state index contributed by atoms with van der Waals surface area (Å²) in [6, 6.07) is 22.1. The lowest BCUT2D eigenvalue weighted by Gasteiger charge is -2.55.